The minimum Gasteiger partial charge on any atom is -0.452 e. The van der Waals surface area contributed by atoms with E-state index in [0.29, 0.717) is 18.4 Å². The molecule has 2 aliphatic rings. The molecule has 3 N–H and O–H groups in total. The summed E-state index contributed by atoms with van der Waals surface area (Å²) in [5.74, 6) is -1.03. The summed E-state index contributed by atoms with van der Waals surface area (Å²) in [6.07, 6.45) is 21.4. The highest BCUT2D eigenvalue weighted by atomic mass is 32.3. The van der Waals surface area contributed by atoms with Gasteiger partial charge in [-0.2, -0.15) is 16.8 Å². The number of rotatable bonds is 39. The summed E-state index contributed by atoms with van der Waals surface area (Å²) in [7, 11) is -10.7. The number of hydrogen-bond donors (Lipinski definition) is 3. The van der Waals surface area contributed by atoms with Crippen LogP contribution in [0.4, 0.5) is 0 Å². The maximum Gasteiger partial charge on any atom is 0.397 e. The average Bonchev–Trinajstić information content (AvgIpc) is 3.35. The molecule has 0 aliphatic carbocycles. The van der Waals surface area contributed by atoms with Gasteiger partial charge in [-0.25, -0.2) is 13.2 Å². The summed E-state index contributed by atoms with van der Waals surface area (Å²) in [5, 5.41) is 2.97. The van der Waals surface area contributed by atoms with E-state index in [2.05, 4.69) is 19.2 Å². The molecule has 0 bridgehead atoms. The zero-order valence-electron chi connectivity index (χ0n) is 42.9. The third-order valence-electron chi connectivity index (χ3n) is 13.1. The van der Waals surface area contributed by atoms with Gasteiger partial charge in [-0.05, 0) is 37.5 Å². The molecule has 1 unspecified atom stereocenters. The molecule has 0 radical (unpaired) electrons. The smallest absolute Gasteiger partial charge is 0.397 e. The SMILES string of the molecule is CCCCCCCCCCCCC/C=C/[C@@H](OC(=O)c1ccccc1)[C@H](CO[C@@H]1O[C@@H]2COC(c3ccccc3)O[C@@H]2[C@H](OS(=O)(=O)O)[C@H]1OS(=O)(=O)O)NC(=O)CCCCCCCCCCCCCCC. The monoisotopic (exact) mass is 1050 g/mol. The van der Waals surface area contributed by atoms with Gasteiger partial charge >= 0.3 is 26.8 Å². The molecule has 8 atom stereocenters. The summed E-state index contributed by atoms with van der Waals surface area (Å²) in [5.41, 5.74) is 0.788. The van der Waals surface area contributed by atoms with Crippen LogP contribution in [0.2, 0.25) is 0 Å². The number of hydrogen-bond acceptors (Lipinski definition) is 13. The molecule has 0 spiro atoms. The first-order valence-electron chi connectivity index (χ1n) is 26.9. The number of nitrogens with one attached hydrogen (secondary N) is 1. The lowest BCUT2D eigenvalue weighted by Crippen LogP contribution is -2.64. The zero-order valence-corrected chi connectivity index (χ0v) is 44.5. The second-order valence-electron chi connectivity index (χ2n) is 19.2. The maximum atomic E-state index is 13.8. The van der Waals surface area contributed by atoms with Crippen LogP contribution in [0.3, 0.4) is 0 Å². The average molecular weight is 1050 g/mol. The van der Waals surface area contributed by atoms with Crippen LogP contribution in [-0.4, -0.2) is 93.9 Å². The Morgan fingerprint density at radius 1 is 0.653 bits per heavy atom. The van der Waals surface area contributed by atoms with Gasteiger partial charge in [0.2, 0.25) is 5.91 Å². The molecule has 2 fully saturated rings. The van der Waals surface area contributed by atoms with Crippen molar-refractivity contribution < 1.29 is 67.6 Å². The van der Waals surface area contributed by atoms with Crippen molar-refractivity contribution in [3.63, 3.8) is 0 Å². The molecule has 4 rings (SSSR count). The van der Waals surface area contributed by atoms with Gasteiger partial charge in [0.15, 0.2) is 18.7 Å². The van der Waals surface area contributed by atoms with Crippen molar-refractivity contribution in [2.45, 2.75) is 230 Å². The predicted molar refractivity (Wildman–Crippen MR) is 276 cm³/mol. The lowest BCUT2D eigenvalue weighted by molar-refractivity contribution is -0.355. The first kappa shape index (κ1) is 61.2. The topological polar surface area (TPSA) is 220 Å². The summed E-state index contributed by atoms with van der Waals surface area (Å²) < 4.78 is 110. The zero-order chi connectivity index (χ0) is 51.9. The minimum atomic E-state index is -5.38. The Morgan fingerprint density at radius 3 is 1.67 bits per heavy atom. The second kappa shape index (κ2) is 35.0. The molecule has 2 heterocycles. The standard InChI is InChI=1S/C54H85NO15S2/c1-3-5-7-9-11-13-15-17-19-21-23-25-33-39-46(66-52(57)43-35-29-27-30-36-43)45(55-48(56)40-34-26-24-22-20-18-16-14-12-10-8-6-4-2)41-64-54-51(70-72(61,62)63)50(69-71(58,59)60)49-47(67-54)42-65-53(68-49)44-37-31-28-32-38-44/h27-33,35-39,45-47,49-51,53-54H,3-26,34,40-42H2,1-2H3,(H,55,56)(H,58,59,60)(H,61,62,63)/b39-33+/t45-,46+,47+,49-,50-,51+,53?,54+/m0/s1. The van der Waals surface area contributed by atoms with E-state index in [1.54, 1.807) is 66.7 Å². The lowest BCUT2D eigenvalue weighted by Gasteiger charge is -2.47. The molecule has 2 saturated heterocycles. The Bertz CT molecular complexity index is 2030. The fourth-order valence-electron chi connectivity index (χ4n) is 9.13. The van der Waals surface area contributed by atoms with Crippen molar-refractivity contribution in [3.8, 4) is 0 Å². The van der Waals surface area contributed by atoms with Crippen molar-refractivity contribution in [1.82, 2.24) is 5.32 Å². The van der Waals surface area contributed by atoms with E-state index in [9.17, 15) is 35.5 Å². The molecule has 2 aromatic carbocycles. The van der Waals surface area contributed by atoms with Crippen molar-refractivity contribution in [2.24, 2.45) is 0 Å². The van der Waals surface area contributed by atoms with Gasteiger partial charge < -0.3 is 29.0 Å². The van der Waals surface area contributed by atoms with Crippen LogP contribution in [0.15, 0.2) is 72.8 Å². The van der Waals surface area contributed by atoms with Crippen LogP contribution in [-0.2, 0) is 57.6 Å². The third-order valence-corrected chi connectivity index (χ3v) is 14.0. The number of esters is 1. The first-order valence-corrected chi connectivity index (χ1v) is 29.6. The van der Waals surface area contributed by atoms with Gasteiger partial charge in [0.1, 0.15) is 24.4 Å². The highest BCUT2D eigenvalue weighted by molar-refractivity contribution is 7.81. The van der Waals surface area contributed by atoms with E-state index in [-0.39, 0.29) is 24.5 Å². The van der Waals surface area contributed by atoms with E-state index < -0.39 is 82.5 Å². The van der Waals surface area contributed by atoms with Crippen LogP contribution in [0, 0.1) is 0 Å². The van der Waals surface area contributed by atoms with Crippen LogP contribution < -0.4 is 5.32 Å². The van der Waals surface area contributed by atoms with E-state index in [0.717, 1.165) is 51.4 Å². The Labute approximate surface area is 430 Å². The lowest BCUT2D eigenvalue weighted by atomic mass is 9.98. The normalized spacial score (nSPS) is 21.3. The Hall–Kier alpha value is -3.30. The highest BCUT2D eigenvalue weighted by Gasteiger charge is 2.55. The number of amides is 1. The molecule has 0 saturated carbocycles. The Morgan fingerprint density at radius 2 is 1.14 bits per heavy atom. The van der Waals surface area contributed by atoms with Gasteiger partial charge in [0.25, 0.3) is 0 Å². The van der Waals surface area contributed by atoms with E-state index in [1.807, 2.05) is 6.08 Å². The molecule has 1 amide bonds. The van der Waals surface area contributed by atoms with Crippen molar-refractivity contribution in [3.05, 3.63) is 83.9 Å². The molecular formula is C54H85NO15S2. The van der Waals surface area contributed by atoms with E-state index >= 15 is 0 Å². The summed E-state index contributed by atoms with van der Waals surface area (Å²) in [6.45, 7) is 3.69. The number of unbranched alkanes of at least 4 members (excludes halogenated alkanes) is 23. The second-order valence-corrected chi connectivity index (χ2v) is 21.3. The fourth-order valence-corrected chi connectivity index (χ4v) is 10.1. The van der Waals surface area contributed by atoms with Gasteiger partial charge in [-0.15, -0.1) is 0 Å². The summed E-state index contributed by atoms with van der Waals surface area (Å²) in [4.78, 5) is 27.5. The Balaban J connectivity index is 1.50. The van der Waals surface area contributed by atoms with Crippen LogP contribution in [0.5, 0.6) is 0 Å². The van der Waals surface area contributed by atoms with Crippen LogP contribution in [0.25, 0.3) is 0 Å². The van der Waals surface area contributed by atoms with Gasteiger partial charge in [-0.3, -0.25) is 13.9 Å². The van der Waals surface area contributed by atoms with Crippen molar-refractivity contribution in [2.75, 3.05) is 13.2 Å². The van der Waals surface area contributed by atoms with Crippen molar-refractivity contribution >= 4 is 32.7 Å². The first-order chi connectivity index (χ1) is 34.8. The van der Waals surface area contributed by atoms with Crippen LogP contribution >= 0.6 is 0 Å². The molecule has 18 heteroatoms. The van der Waals surface area contributed by atoms with Crippen molar-refractivity contribution in [1.29, 1.82) is 0 Å². The molecule has 2 aliphatic heterocycles. The highest BCUT2D eigenvalue weighted by Crippen LogP contribution is 2.38. The quantitative estimate of drug-likeness (QED) is 0.0245. The van der Waals surface area contributed by atoms with Gasteiger partial charge in [0, 0.05) is 12.0 Å². The number of carbonyl (C=O) groups excluding carboxylic acids is 2. The fraction of sp³-hybridized carbons (Fsp3) is 0.704. The third kappa shape index (κ3) is 25.3. The number of ether oxygens (including phenoxy) is 5. The molecule has 0 aromatic heterocycles. The minimum absolute atomic E-state index is 0.162. The van der Waals surface area contributed by atoms with Crippen LogP contribution in [0.1, 0.15) is 203 Å². The maximum absolute atomic E-state index is 13.8. The number of fused-ring (bicyclic) bond motifs is 1. The molecule has 16 nitrogen and oxygen atoms in total. The number of carbonyl (C=O) groups is 2. The van der Waals surface area contributed by atoms with E-state index in [4.69, 9.17) is 32.1 Å². The predicted octanol–water partition coefficient (Wildman–Crippen LogP) is 11.7. The molecular weight excluding hydrogens is 967 g/mol. The number of allylic oxidation sites excluding steroid dienone is 1. The van der Waals surface area contributed by atoms with Gasteiger partial charge in [-0.1, -0.05) is 210 Å². The largest absolute Gasteiger partial charge is 0.452 e. The molecule has 2 aromatic rings. The molecule has 408 valence electrons. The Kier molecular flexibility index (Phi) is 29.8. The molecule has 72 heavy (non-hydrogen) atoms. The van der Waals surface area contributed by atoms with E-state index in [1.165, 1.54) is 96.3 Å². The number of benzene rings is 2. The summed E-state index contributed by atoms with van der Waals surface area (Å²) >= 11 is 0. The van der Waals surface area contributed by atoms with Gasteiger partial charge in [0.05, 0.1) is 24.8 Å². The summed E-state index contributed by atoms with van der Waals surface area (Å²) in [6, 6.07) is 15.8.